The van der Waals surface area contributed by atoms with E-state index in [1.807, 2.05) is 60.7 Å². The summed E-state index contributed by atoms with van der Waals surface area (Å²) in [5.74, 6) is 0. The highest BCUT2D eigenvalue weighted by Gasteiger charge is 2.40. The van der Waals surface area contributed by atoms with E-state index in [0.717, 1.165) is 16.6 Å². The van der Waals surface area contributed by atoms with Crippen LogP contribution in [0.5, 0.6) is 0 Å². The van der Waals surface area contributed by atoms with Crippen molar-refractivity contribution in [1.29, 1.82) is 0 Å². The van der Waals surface area contributed by atoms with Gasteiger partial charge in [-0.25, -0.2) is 0 Å². The number of hydrogen-bond acceptors (Lipinski definition) is 2. The van der Waals surface area contributed by atoms with Crippen LogP contribution in [0.1, 0.15) is 12.5 Å². The number of rotatable bonds is 4. The average molecular weight is 455 g/mol. The van der Waals surface area contributed by atoms with Gasteiger partial charge in [0.1, 0.15) is 0 Å². The SMILES string of the molecule is CC1=CC(C(Cl)(Cl)Cl)=N[B-](c2ccccc2)(c2ccccc2)N1Cc1ccccc1. The standard InChI is InChI=1S/C24H21BCl3N2/c1-19-17-23(24(26,27)28)29-25(21-13-7-3-8-14-21,22-15-9-4-10-16-22)30(19)18-20-11-5-2-6-12-20/h2-17H,18H2,1H3/q-1. The second kappa shape index (κ2) is 8.51. The number of allylic oxidation sites excluding steroid dienone is 2. The number of alkyl halides is 3. The van der Waals surface area contributed by atoms with Gasteiger partial charge in [0.2, 0.25) is 3.79 Å². The summed E-state index contributed by atoms with van der Waals surface area (Å²) in [5, 5.41) is 0. The van der Waals surface area contributed by atoms with E-state index in [1.54, 1.807) is 0 Å². The maximum absolute atomic E-state index is 6.33. The molecule has 0 spiro atoms. The molecular weight excluding hydrogens is 433 g/mol. The van der Waals surface area contributed by atoms with E-state index >= 15 is 0 Å². The molecule has 0 unspecified atom stereocenters. The van der Waals surface area contributed by atoms with Gasteiger partial charge in [-0.2, -0.15) is 10.9 Å². The fraction of sp³-hybridized carbons (Fsp3) is 0.125. The highest BCUT2D eigenvalue weighted by molar-refractivity contribution is 7.00. The van der Waals surface area contributed by atoms with Crippen molar-refractivity contribution in [2.75, 3.05) is 0 Å². The Bertz CT molecular complexity index is 1020. The Kier molecular flexibility index (Phi) is 5.97. The van der Waals surface area contributed by atoms with Gasteiger partial charge in [0.05, 0.1) is 0 Å². The Balaban J connectivity index is 2.00. The minimum atomic E-state index is -1.77. The van der Waals surface area contributed by atoms with Gasteiger partial charge >= 0.3 is 0 Å². The lowest BCUT2D eigenvalue weighted by atomic mass is 9.35. The van der Waals surface area contributed by atoms with Gasteiger partial charge in [-0.05, 0) is 24.3 Å². The van der Waals surface area contributed by atoms with Crippen molar-refractivity contribution in [3.8, 4) is 0 Å². The van der Waals surface area contributed by atoms with E-state index in [2.05, 4.69) is 48.1 Å². The summed E-state index contributed by atoms with van der Waals surface area (Å²) in [7, 11) is 0. The van der Waals surface area contributed by atoms with Crippen LogP contribution in [-0.4, -0.2) is 20.7 Å². The molecule has 1 heterocycles. The molecule has 0 bridgehead atoms. The molecule has 0 N–H and O–H groups in total. The van der Waals surface area contributed by atoms with Crippen LogP contribution in [0.4, 0.5) is 0 Å². The van der Waals surface area contributed by atoms with Gasteiger partial charge in [0, 0.05) is 12.3 Å². The largest absolute Gasteiger partial charge is 0.519 e. The first-order valence-electron chi connectivity index (χ1n) is 9.84. The molecule has 0 amide bonds. The smallest absolute Gasteiger partial charge is 0.252 e. The second-order valence-corrected chi connectivity index (χ2v) is 9.79. The molecule has 152 valence electrons. The highest BCUT2D eigenvalue weighted by Crippen LogP contribution is 2.35. The van der Waals surface area contributed by atoms with Crippen LogP contribution in [-0.2, 0) is 6.54 Å². The molecule has 3 aromatic carbocycles. The number of hydrogen-bond donors (Lipinski definition) is 0. The van der Waals surface area contributed by atoms with Gasteiger partial charge in [0.15, 0.2) is 0 Å². The Morgan fingerprint density at radius 2 is 1.23 bits per heavy atom. The van der Waals surface area contributed by atoms with Gasteiger partial charge < -0.3 is 9.71 Å². The maximum Gasteiger partial charge on any atom is 0.252 e. The van der Waals surface area contributed by atoms with Crippen LogP contribution in [0.15, 0.2) is 108 Å². The molecule has 2 nitrogen and oxygen atoms in total. The molecule has 4 rings (SSSR count). The quantitative estimate of drug-likeness (QED) is 0.377. The topological polar surface area (TPSA) is 15.6 Å². The first kappa shape index (κ1) is 21.1. The van der Waals surface area contributed by atoms with E-state index in [4.69, 9.17) is 39.7 Å². The van der Waals surface area contributed by atoms with E-state index in [1.165, 1.54) is 5.56 Å². The molecular formula is C24H21BCl3N2-. The highest BCUT2D eigenvalue weighted by atomic mass is 35.6. The summed E-state index contributed by atoms with van der Waals surface area (Å²) in [6.45, 7) is 2.74. The fourth-order valence-electron chi connectivity index (χ4n) is 4.22. The first-order chi connectivity index (χ1) is 14.4. The van der Waals surface area contributed by atoms with Crippen molar-refractivity contribution in [1.82, 2.24) is 4.81 Å². The van der Waals surface area contributed by atoms with Crippen LogP contribution in [0, 0.1) is 0 Å². The van der Waals surface area contributed by atoms with Crippen LogP contribution in [0.25, 0.3) is 0 Å². The third-order valence-electron chi connectivity index (χ3n) is 5.59. The number of nitrogens with zero attached hydrogens (tertiary/aromatic N) is 2. The molecule has 0 saturated heterocycles. The molecule has 0 radical (unpaired) electrons. The van der Waals surface area contributed by atoms with Crippen molar-refractivity contribution in [3.63, 3.8) is 0 Å². The molecule has 0 saturated carbocycles. The zero-order valence-electron chi connectivity index (χ0n) is 16.6. The van der Waals surface area contributed by atoms with Crippen molar-refractivity contribution in [2.24, 2.45) is 4.90 Å². The molecule has 1 aliphatic heterocycles. The summed E-state index contributed by atoms with van der Waals surface area (Å²) in [6, 6.07) is 30.9. The summed E-state index contributed by atoms with van der Waals surface area (Å²) in [6.07, 6.45) is 0.104. The van der Waals surface area contributed by atoms with Gasteiger partial charge in [0.25, 0.3) is 6.42 Å². The normalized spacial score (nSPS) is 16.1. The molecule has 1 aliphatic rings. The lowest BCUT2D eigenvalue weighted by Crippen LogP contribution is -2.70. The molecule has 6 heteroatoms. The van der Waals surface area contributed by atoms with E-state index in [9.17, 15) is 0 Å². The Labute approximate surface area is 192 Å². The zero-order chi connectivity index (χ0) is 21.2. The lowest BCUT2D eigenvalue weighted by molar-refractivity contribution is 0.515. The molecule has 0 aliphatic carbocycles. The number of halogens is 3. The third kappa shape index (κ3) is 4.03. The van der Waals surface area contributed by atoms with E-state index < -0.39 is 10.2 Å². The minimum absolute atomic E-state index is 0.446. The second-order valence-electron chi connectivity index (χ2n) is 7.51. The van der Waals surface area contributed by atoms with Crippen LogP contribution < -0.4 is 10.9 Å². The van der Waals surface area contributed by atoms with Crippen molar-refractivity contribution >= 4 is 57.9 Å². The molecule has 0 aromatic heterocycles. The van der Waals surface area contributed by atoms with Crippen LogP contribution in [0.2, 0.25) is 0 Å². The van der Waals surface area contributed by atoms with Gasteiger partial charge in [-0.3, -0.25) is 0 Å². The van der Waals surface area contributed by atoms with Crippen LogP contribution in [0.3, 0.4) is 0 Å². The first-order valence-corrected chi connectivity index (χ1v) is 11.0. The number of benzene rings is 3. The van der Waals surface area contributed by atoms with Gasteiger partial charge in [-0.1, -0.05) is 126 Å². The van der Waals surface area contributed by atoms with Gasteiger partial charge in [-0.15, -0.1) is 0 Å². The van der Waals surface area contributed by atoms with E-state index in [0.29, 0.717) is 12.3 Å². The molecule has 0 fully saturated rings. The van der Waals surface area contributed by atoms with Crippen molar-refractivity contribution in [3.05, 3.63) is 108 Å². The lowest BCUT2D eigenvalue weighted by Gasteiger charge is -2.54. The van der Waals surface area contributed by atoms with Crippen LogP contribution >= 0.6 is 34.8 Å². The predicted molar refractivity (Wildman–Crippen MR) is 131 cm³/mol. The summed E-state index contributed by atoms with van der Waals surface area (Å²) < 4.78 is -1.61. The summed E-state index contributed by atoms with van der Waals surface area (Å²) in [5.41, 5.74) is 4.78. The minimum Gasteiger partial charge on any atom is -0.519 e. The summed E-state index contributed by atoms with van der Waals surface area (Å²) in [4.78, 5) is 7.52. The monoisotopic (exact) mass is 453 g/mol. The van der Waals surface area contributed by atoms with Crippen molar-refractivity contribution < 1.29 is 0 Å². The Morgan fingerprint density at radius 3 is 1.70 bits per heavy atom. The van der Waals surface area contributed by atoms with E-state index in [-0.39, 0.29) is 0 Å². The Morgan fingerprint density at radius 1 is 0.767 bits per heavy atom. The summed E-state index contributed by atoms with van der Waals surface area (Å²) >= 11 is 19.0. The molecule has 3 aromatic rings. The van der Waals surface area contributed by atoms with Crippen molar-refractivity contribution in [2.45, 2.75) is 17.3 Å². The third-order valence-corrected chi connectivity index (χ3v) is 6.17. The zero-order valence-corrected chi connectivity index (χ0v) is 18.8. The predicted octanol–water partition coefficient (Wildman–Crippen LogP) is 5.47. The molecule has 30 heavy (non-hydrogen) atoms. The maximum atomic E-state index is 6.33. The Hall–Kier alpha value is -2.20. The fourth-order valence-corrected chi connectivity index (χ4v) is 4.53. The molecule has 0 atom stereocenters. The average Bonchev–Trinajstić information content (AvgIpc) is 2.76.